The van der Waals surface area contributed by atoms with Gasteiger partial charge in [0.2, 0.25) is 0 Å². The minimum atomic E-state index is 0.294. The first-order chi connectivity index (χ1) is 7.63. The average Bonchev–Trinajstić information content (AvgIpc) is 2.26. The lowest BCUT2D eigenvalue weighted by Gasteiger charge is -2.09. The summed E-state index contributed by atoms with van der Waals surface area (Å²) in [6, 6.07) is 8.09. The van der Waals surface area contributed by atoms with Crippen LogP contribution in [0, 0.1) is 12.3 Å². The summed E-state index contributed by atoms with van der Waals surface area (Å²) in [5, 5.41) is 3.00. The number of anilines is 1. The fourth-order valence-electron chi connectivity index (χ4n) is 1.29. The highest BCUT2D eigenvalue weighted by Gasteiger charge is 2.00. The van der Waals surface area contributed by atoms with Gasteiger partial charge >= 0.3 is 0 Å². The summed E-state index contributed by atoms with van der Waals surface area (Å²) in [5.74, 6) is 3.24. The Bertz CT molecular complexity index is 413. The highest BCUT2D eigenvalue weighted by atomic mass is 15.1. The Morgan fingerprint density at radius 2 is 2.31 bits per heavy atom. The third-order valence-corrected chi connectivity index (χ3v) is 2.17. The van der Waals surface area contributed by atoms with Crippen LogP contribution >= 0.6 is 0 Å². The van der Waals surface area contributed by atoms with Crippen molar-refractivity contribution in [3.8, 4) is 12.3 Å². The molecule has 3 nitrogen and oxygen atoms in total. The van der Waals surface area contributed by atoms with Crippen LogP contribution in [0.15, 0.2) is 29.3 Å². The lowest BCUT2D eigenvalue weighted by molar-refractivity contribution is 0.867. The van der Waals surface area contributed by atoms with Crippen molar-refractivity contribution in [3.63, 3.8) is 0 Å². The largest absolute Gasteiger partial charge is 0.370 e. The van der Waals surface area contributed by atoms with Gasteiger partial charge in [-0.2, -0.15) is 0 Å². The number of benzene rings is 1. The van der Waals surface area contributed by atoms with Crippen molar-refractivity contribution in [2.45, 2.75) is 19.8 Å². The van der Waals surface area contributed by atoms with Gasteiger partial charge in [0.15, 0.2) is 5.96 Å². The fourth-order valence-corrected chi connectivity index (χ4v) is 1.29. The Morgan fingerprint density at radius 1 is 1.56 bits per heavy atom. The van der Waals surface area contributed by atoms with E-state index in [0.29, 0.717) is 18.4 Å². The first kappa shape index (κ1) is 12.1. The maximum atomic E-state index is 5.66. The highest BCUT2D eigenvalue weighted by molar-refractivity contribution is 5.92. The number of hydrogen-bond acceptors (Lipinski definition) is 1. The van der Waals surface area contributed by atoms with E-state index in [1.54, 1.807) is 0 Å². The van der Waals surface area contributed by atoms with Gasteiger partial charge in [0.1, 0.15) is 6.54 Å². The van der Waals surface area contributed by atoms with E-state index < -0.39 is 0 Å². The predicted octanol–water partition coefficient (Wildman–Crippen LogP) is 2.17. The molecule has 84 valence electrons. The van der Waals surface area contributed by atoms with Crippen molar-refractivity contribution in [2.24, 2.45) is 10.7 Å². The standard InChI is InChI=1S/C13H17N3/c1-4-8-15-13(14)16-12-7-5-6-11(9-12)10(2)3/h1,5-7,9-10H,8H2,2-3H3,(H3,14,15,16). The van der Waals surface area contributed by atoms with Crippen molar-refractivity contribution in [1.29, 1.82) is 0 Å². The molecule has 1 aromatic carbocycles. The summed E-state index contributed by atoms with van der Waals surface area (Å²) in [7, 11) is 0. The van der Waals surface area contributed by atoms with E-state index in [1.807, 2.05) is 12.1 Å². The van der Waals surface area contributed by atoms with Gasteiger partial charge < -0.3 is 11.1 Å². The van der Waals surface area contributed by atoms with Crippen LogP contribution in [0.5, 0.6) is 0 Å². The lowest BCUT2D eigenvalue weighted by Crippen LogP contribution is -2.22. The Morgan fingerprint density at radius 3 is 2.94 bits per heavy atom. The number of guanidine groups is 1. The van der Waals surface area contributed by atoms with E-state index in [0.717, 1.165) is 5.69 Å². The normalized spacial score (nSPS) is 11.2. The Hall–Kier alpha value is -1.95. The van der Waals surface area contributed by atoms with Gasteiger partial charge in [-0.15, -0.1) is 6.42 Å². The van der Waals surface area contributed by atoms with Crippen molar-refractivity contribution < 1.29 is 0 Å². The van der Waals surface area contributed by atoms with Gasteiger partial charge in [-0.1, -0.05) is 31.9 Å². The molecule has 0 aliphatic rings. The summed E-state index contributed by atoms with van der Waals surface area (Å²) in [6.07, 6.45) is 5.09. The highest BCUT2D eigenvalue weighted by Crippen LogP contribution is 2.18. The number of terminal acetylenes is 1. The number of hydrogen-bond donors (Lipinski definition) is 2. The van der Waals surface area contributed by atoms with Crippen LogP contribution in [-0.4, -0.2) is 12.5 Å². The molecular formula is C13H17N3. The van der Waals surface area contributed by atoms with E-state index in [2.05, 4.69) is 42.2 Å². The van der Waals surface area contributed by atoms with Crippen molar-refractivity contribution in [2.75, 3.05) is 11.9 Å². The van der Waals surface area contributed by atoms with Gasteiger partial charge in [-0.3, -0.25) is 0 Å². The second-order valence-electron chi connectivity index (χ2n) is 3.81. The molecule has 0 saturated heterocycles. The molecule has 0 fully saturated rings. The van der Waals surface area contributed by atoms with Gasteiger partial charge in [-0.05, 0) is 23.6 Å². The number of aliphatic imine (C=N–C) groups is 1. The molecule has 0 unspecified atom stereocenters. The summed E-state index contributed by atoms with van der Waals surface area (Å²) in [5.41, 5.74) is 7.86. The molecule has 0 atom stereocenters. The SMILES string of the molecule is C#CCN=C(N)Nc1cccc(C(C)C)c1. The fraction of sp³-hybridized carbons (Fsp3) is 0.308. The smallest absolute Gasteiger partial charge is 0.194 e. The summed E-state index contributed by atoms with van der Waals surface area (Å²) in [4.78, 5) is 3.96. The third-order valence-electron chi connectivity index (χ3n) is 2.17. The van der Waals surface area contributed by atoms with E-state index in [4.69, 9.17) is 12.2 Å². The number of rotatable bonds is 3. The molecule has 16 heavy (non-hydrogen) atoms. The number of nitrogens with two attached hydrogens (primary N) is 1. The van der Waals surface area contributed by atoms with Crippen LogP contribution in [0.1, 0.15) is 25.3 Å². The van der Waals surface area contributed by atoms with Gasteiger partial charge in [0.05, 0.1) is 0 Å². The Labute approximate surface area is 96.8 Å². The predicted molar refractivity (Wildman–Crippen MR) is 69.5 cm³/mol. The quantitative estimate of drug-likeness (QED) is 0.461. The topological polar surface area (TPSA) is 50.4 Å². The Kier molecular flexibility index (Phi) is 4.41. The van der Waals surface area contributed by atoms with Crippen LogP contribution in [0.3, 0.4) is 0 Å². The summed E-state index contributed by atoms with van der Waals surface area (Å²) >= 11 is 0. The first-order valence-electron chi connectivity index (χ1n) is 5.24. The molecule has 1 aromatic rings. The molecule has 3 heteroatoms. The van der Waals surface area contributed by atoms with E-state index in [-0.39, 0.29) is 0 Å². The van der Waals surface area contributed by atoms with Crippen molar-refractivity contribution in [3.05, 3.63) is 29.8 Å². The zero-order chi connectivity index (χ0) is 12.0. The molecule has 3 N–H and O–H groups in total. The molecule has 0 amide bonds. The second kappa shape index (κ2) is 5.82. The molecule has 0 aromatic heterocycles. The lowest BCUT2D eigenvalue weighted by atomic mass is 10.0. The average molecular weight is 215 g/mol. The van der Waals surface area contributed by atoms with Gasteiger partial charge in [-0.25, -0.2) is 4.99 Å². The van der Waals surface area contributed by atoms with Crippen LogP contribution in [0.4, 0.5) is 5.69 Å². The molecule has 1 rings (SSSR count). The third kappa shape index (κ3) is 3.66. The molecule has 0 bridgehead atoms. The second-order valence-corrected chi connectivity index (χ2v) is 3.81. The molecule has 0 spiro atoms. The first-order valence-corrected chi connectivity index (χ1v) is 5.24. The maximum Gasteiger partial charge on any atom is 0.194 e. The minimum absolute atomic E-state index is 0.294. The van der Waals surface area contributed by atoms with Gasteiger partial charge in [0, 0.05) is 5.69 Å². The van der Waals surface area contributed by atoms with Gasteiger partial charge in [0.25, 0.3) is 0 Å². The molecule has 0 saturated carbocycles. The molecule has 0 aliphatic carbocycles. The zero-order valence-corrected chi connectivity index (χ0v) is 9.70. The van der Waals surface area contributed by atoms with Crippen molar-refractivity contribution >= 4 is 11.6 Å². The summed E-state index contributed by atoms with van der Waals surface area (Å²) < 4.78 is 0. The molecule has 0 radical (unpaired) electrons. The van der Waals surface area contributed by atoms with Crippen LogP contribution < -0.4 is 11.1 Å². The maximum absolute atomic E-state index is 5.66. The monoisotopic (exact) mass is 215 g/mol. The number of nitrogens with one attached hydrogen (secondary N) is 1. The molecule has 0 aliphatic heterocycles. The minimum Gasteiger partial charge on any atom is -0.370 e. The van der Waals surface area contributed by atoms with E-state index in [1.165, 1.54) is 5.56 Å². The van der Waals surface area contributed by atoms with E-state index in [9.17, 15) is 0 Å². The summed E-state index contributed by atoms with van der Waals surface area (Å²) in [6.45, 7) is 4.59. The zero-order valence-electron chi connectivity index (χ0n) is 9.70. The number of nitrogens with zero attached hydrogens (tertiary/aromatic N) is 1. The van der Waals surface area contributed by atoms with Crippen LogP contribution in [0.2, 0.25) is 0 Å². The Balaban J connectivity index is 2.75. The van der Waals surface area contributed by atoms with Crippen molar-refractivity contribution in [1.82, 2.24) is 0 Å². The molecule has 0 heterocycles. The van der Waals surface area contributed by atoms with E-state index >= 15 is 0 Å². The van der Waals surface area contributed by atoms with Crippen LogP contribution in [0.25, 0.3) is 0 Å². The van der Waals surface area contributed by atoms with Crippen LogP contribution in [-0.2, 0) is 0 Å². The molecular weight excluding hydrogens is 198 g/mol.